The number of hydrogen-bond acceptors (Lipinski definition) is 3. The highest BCUT2D eigenvalue weighted by Gasteiger charge is 1.98. The van der Waals surface area contributed by atoms with Gasteiger partial charge in [0.05, 0.1) is 0 Å². The molecule has 0 aliphatic carbocycles. The van der Waals surface area contributed by atoms with Crippen LogP contribution in [0.5, 0.6) is 0 Å². The number of terminal acetylenes is 1. The predicted octanol–water partition coefficient (Wildman–Crippen LogP) is 0.199. The molecule has 0 aliphatic rings. The van der Waals surface area contributed by atoms with E-state index in [0.717, 1.165) is 0 Å². The summed E-state index contributed by atoms with van der Waals surface area (Å²) in [5.74, 6) is 1.97. The van der Waals surface area contributed by atoms with Crippen LogP contribution in [0.15, 0.2) is 0 Å². The molecule has 0 radical (unpaired) electrons. The average Bonchev–Trinajstić information content (AvgIpc) is 1.89. The van der Waals surface area contributed by atoms with Gasteiger partial charge in [-0.1, -0.05) is 0 Å². The van der Waals surface area contributed by atoms with Gasteiger partial charge in [-0.3, -0.25) is 0 Å². The van der Waals surface area contributed by atoms with E-state index in [9.17, 15) is 4.79 Å². The van der Waals surface area contributed by atoms with Crippen LogP contribution in [0.2, 0.25) is 0 Å². The lowest BCUT2D eigenvalue weighted by Gasteiger charge is -1.99. The zero-order valence-electron chi connectivity index (χ0n) is 5.92. The van der Waals surface area contributed by atoms with Crippen LogP contribution in [0.3, 0.4) is 0 Å². The third kappa shape index (κ3) is 5.13. The fraction of sp³-hybridized carbons (Fsp3) is 0.571. The van der Waals surface area contributed by atoms with E-state index in [-0.39, 0.29) is 19.2 Å². The molecule has 0 amide bonds. The summed E-state index contributed by atoms with van der Waals surface area (Å²) in [5, 5.41) is 0. The van der Waals surface area contributed by atoms with Gasteiger partial charge in [-0.2, -0.15) is 0 Å². The maximum Gasteiger partial charge on any atom is 0.332 e. The van der Waals surface area contributed by atoms with E-state index < -0.39 is 0 Å². The number of carbonyl (C=O) groups excluding carboxylic acids is 1. The molecule has 3 nitrogen and oxygen atoms in total. The molecule has 0 saturated carbocycles. The minimum atomic E-state index is -0.377. The first-order valence-electron chi connectivity index (χ1n) is 2.89. The Bertz CT molecular complexity index is 134. The molecule has 0 aromatic rings. The first-order valence-corrected chi connectivity index (χ1v) is 2.89. The maximum absolute atomic E-state index is 10.5. The van der Waals surface area contributed by atoms with E-state index in [0.29, 0.717) is 6.42 Å². The molecule has 0 fully saturated rings. The second-order valence-electron chi connectivity index (χ2n) is 1.61. The fourth-order valence-electron chi connectivity index (χ4n) is 0.383. The van der Waals surface area contributed by atoms with Crippen molar-refractivity contribution in [2.75, 3.05) is 20.3 Å². The van der Waals surface area contributed by atoms with Crippen LogP contribution in [0.1, 0.15) is 6.42 Å². The van der Waals surface area contributed by atoms with Gasteiger partial charge in [-0.05, 0) is 0 Å². The largest absolute Gasteiger partial charge is 0.463 e. The molecule has 10 heavy (non-hydrogen) atoms. The summed E-state index contributed by atoms with van der Waals surface area (Å²) in [5.41, 5.74) is 0. The molecular formula is C7H10O3. The van der Waals surface area contributed by atoms with E-state index in [1.54, 1.807) is 0 Å². The lowest BCUT2D eigenvalue weighted by Crippen LogP contribution is -2.11. The summed E-state index contributed by atoms with van der Waals surface area (Å²) in [7, 11) is 1.43. The van der Waals surface area contributed by atoms with Crippen molar-refractivity contribution in [3.05, 3.63) is 0 Å². The van der Waals surface area contributed by atoms with Crippen molar-refractivity contribution in [2.45, 2.75) is 6.42 Å². The molecule has 0 heterocycles. The Kier molecular flexibility index (Phi) is 5.50. The summed E-state index contributed by atoms with van der Waals surface area (Å²) >= 11 is 0. The SMILES string of the molecule is C#CCCOC(=O)COC. The summed E-state index contributed by atoms with van der Waals surface area (Å²) in [6, 6.07) is 0. The molecular weight excluding hydrogens is 132 g/mol. The van der Waals surface area contributed by atoms with Gasteiger partial charge in [0.1, 0.15) is 13.2 Å². The summed E-state index contributed by atoms with van der Waals surface area (Å²) in [6.07, 6.45) is 5.37. The monoisotopic (exact) mass is 142 g/mol. The fourth-order valence-corrected chi connectivity index (χ4v) is 0.383. The van der Waals surface area contributed by atoms with Crippen molar-refractivity contribution in [1.82, 2.24) is 0 Å². The highest BCUT2D eigenvalue weighted by molar-refractivity contribution is 5.70. The number of esters is 1. The van der Waals surface area contributed by atoms with Crippen molar-refractivity contribution in [3.63, 3.8) is 0 Å². The molecule has 0 unspecified atom stereocenters. The van der Waals surface area contributed by atoms with Crippen molar-refractivity contribution < 1.29 is 14.3 Å². The lowest BCUT2D eigenvalue weighted by molar-refractivity contribution is -0.147. The zero-order chi connectivity index (χ0) is 7.82. The third-order valence-electron chi connectivity index (χ3n) is 0.772. The van der Waals surface area contributed by atoms with Crippen molar-refractivity contribution in [2.24, 2.45) is 0 Å². The molecule has 0 atom stereocenters. The smallest absolute Gasteiger partial charge is 0.332 e. The third-order valence-corrected chi connectivity index (χ3v) is 0.772. The Labute approximate surface area is 60.3 Å². The number of carbonyl (C=O) groups is 1. The topological polar surface area (TPSA) is 35.5 Å². The van der Waals surface area contributed by atoms with Crippen LogP contribution >= 0.6 is 0 Å². The predicted molar refractivity (Wildman–Crippen MR) is 36.3 cm³/mol. The number of ether oxygens (including phenoxy) is 2. The Morgan fingerprint density at radius 1 is 1.70 bits per heavy atom. The lowest BCUT2D eigenvalue weighted by atomic mass is 10.5. The molecule has 0 N–H and O–H groups in total. The highest BCUT2D eigenvalue weighted by atomic mass is 16.6. The van der Waals surface area contributed by atoms with Crippen LogP contribution < -0.4 is 0 Å². The van der Waals surface area contributed by atoms with Gasteiger partial charge in [0.25, 0.3) is 0 Å². The van der Waals surface area contributed by atoms with Crippen LogP contribution in [0.4, 0.5) is 0 Å². The minimum absolute atomic E-state index is 0.00935. The Balaban J connectivity index is 3.15. The van der Waals surface area contributed by atoms with Gasteiger partial charge in [0.15, 0.2) is 0 Å². The quantitative estimate of drug-likeness (QED) is 0.319. The van der Waals surface area contributed by atoms with Gasteiger partial charge in [0.2, 0.25) is 0 Å². The van der Waals surface area contributed by atoms with Gasteiger partial charge < -0.3 is 9.47 Å². The van der Waals surface area contributed by atoms with Crippen LogP contribution in [-0.4, -0.2) is 26.3 Å². The average molecular weight is 142 g/mol. The van der Waals surface area contributed by atoms with Crippen molar-refractivity contribution in [1.29, 1.82) is 0 Å². The molecule has 0 bridgehead atoms. The van der Waals surface area contributed by atoms with Crippen LogP contribution in [0.25, 0.3) is 0 Å². The summed E-state index contributed by atoms with van der Waals surface area (Å²) < 4.78 is 9.12. The van der Waals surface area contributed by atoms with E-state index in [2.05, 4.69) is 15.4 Å². The summed E-state index contributed by atoms with van der Waals surface area (Å²) in [4.78, 5) is 10.5. The van der Waals surface area contributed by atoms with Crippen LogP contribution in [0, 0.1) is 12.3 Å². The van der Waals surface area contributed by atoms with Crippen molar-refractivity contribution >= 4 is 5.97 Å². The molecule has 56 valence electrons. The zero-order valence-corrected chi connectivity index (χ0v) is 5.92. The molecule has 0 aliphatic heterocycles. The van der Waals surface area contributed by atoms with Gasteiger partial charge in [-0.15, -0.1) is 12.3 Å². The Morgan fingerprint density at radius 2 is 2.40 bits per heavy atom. The Hall–Kier alpha value is -1.01. The van der Waals surface area contributed by atoms with Crippen LogP contribution in [-0.2, 0) is 14.3 Å². The maximum atomic E-state index is 10.5. The first kappa shape index (κ1) is 8.99. The Morgan fingerprint density at radius 3 is 2.90 bits per heavy atom. The van der Waals surface area contributed by atoms with E-state index in [4.69, 9.17) is 6.42 Å². The standard InChI is InChI=1S/C7H10O3/c1-3-4-5-10-7(8)6-9-2/h1H,4-6H2,2H3. The normalized spacial score (nSPS) is 8.40. The molecule has 0 aromatic heterocycles. The van der Waals surface area contributed by atoms with E-state index >= 15 is 0 Å². The highest BCUT2D eigenvalue weighted by Crippen LogP contribution is 1.82. The first-order chi connectivity index (χ1) is 4.81. The number of hydrogen-bond donors (Lipinski definition) is 0. The van der Waals surface area contributed by atoms with Gasteiger partial charge in [0, 0.05) is 13.5 Å². The van der Waals surface area contributed by atoms with Gasteiger partial charge in [-0.25, -0.2) is 4.79 Å². The molecule has 0 aromatic carbocycles. The van der Waals surface area contributed by atoms with Gasteiger partial charge >= 0.3 is 5.97 Å². The molecule has 3 heteroatoms. The summed E-state index contributed by atoms with van der Waals surface area (Å²) in [6.45, 7) is 0.267. The number of rotatable bonds is 4. The molecule has 0 rings (SSSR count). The second-order valence-corrected chi connectivity index (χ2v) is 1.61. The second kappa shape index (κ2) is 6.12. The minimum Gasteiger partial charge on any atom is -0.463 e. The number of methoxy groups -OCH3 is 1. The van der Waals surface area contributed by atoms with Crippen molar-refractivity contribution in [3.8, 4) is 12.3 Å². The molecule has 0 saturated heterocycles. The van der Waals surface area contributed by atoms with E-state index in [1.807, 2.05) is 0 Å². The van der Waals surface area contributed by atoms with E-state index in [1.165, 1.54) is 7.11 Å². The molecule has 0 spiro atoms.